The third-order valence-electron chi connectivity index (χ3n) is 6.25. The highest BCUT2D eigenvalue weighted by molar-refractivity contribution is 7.86. The first-order valence-corrected chi connectivity index (χ1v) is 10.2. The normalized spacial score (nSPS) is 33.1. The smallest absolute Gasteiger partial charge is 0.308 e. The number of carboxylic acids is 1. The molecule has 0 aromatic carbocycles. The number of nitrogens with zero attached hydrogens (tertiary/aromatic N) is 2. The van der Waals surface area contributed by atoms with E-state index < -0.39 is 22.1 Å². The first-order valence-electron chi connectivity index (χ1n) is 8.82. The van der Waals surface area contributed by atoms with Crippen LogP contribution >= 0.6 is 0 Å². The van der Waals surface area contributed by atoms with Crippen LogP contribution in [0.3, 0.4) is 0 Å². The molecule has 1 N–H and O–H groups in total. The number of carboxylic acid groups (broad SMARTS) is 1. The molecule has 23 heavy (non-hydrogen) atoms. The van der Waals surface area contributed by atoms with Crippen molar-refractivity contribution in [1.82, 2.24) is 8.61 Å². The molecule has 1 saturated carbocycles. The van der Waals surface area contributed by atoms with E-state index in [9.17, 15) is 18.3 Å². The van der Waals surface area contributed by atoms with E-state index in [1.807, 2.05) is 6.92 Å². The Labute approximate surface area is 139 Å². The zero-order valence-electron chi connectivity index (χ0n) is 13.9. The molecule has 7 heteroatoms. The van der Waals surface area contributed by atoms with Crippen molar-refractivity contribution >= 4 is 16.2 Å². The van der Waals surface area contributed by atoms with E-state index in [1.54, 1.807) is 4.31 Å². The Morgan fingerprint density at radius 2 is 1.61 bits per heavy atom. The molecule has 0 amide bonds. The quantitative estimate of drug-likeness (QED) is 0.848. The summed E-state index contributed by atoms with van der Waals surface area (Å²) >= 11 is 0. The molecular formula is C16H28N2O4S. The second-order valence-corrected chi connectivity index (χ2v) is 9.63. The van der Waals surface area contributed by atoms with Gasteiger partial charge in [0.15, 0.2) is 0 Å². The fraction of sp³-hybridized carbons (Fsp3) is 0.938. The zero-order valence-corrected chi connectivity index (χ0v) is 14.7. The van der Waals surface area contributed by atoms with Crippen molar-refractivity contribution in [3.05, 3.63) is 0 Å². The predicted molar refractivity (Wildman–Crippen MR) is 87.1 cm³/mol. The summed E-state index contributed by atoms with van der Waals surface area (Å²) in [6, 6.07) is 0. The van der Waals surface area contributed by atoms with Gasteiger partial charge in [-0.1, -0.05) is 26.2 Å². The Bertz CT molecular complexity index is 546. The third kappa shape index (κ3) is 3.28. The molecule has 132 valence electrons. The van der Waals surface area contributed by atoms with E-state index in [-0.39, 0.29) is 12.5 Å². The molecule has 3 aliphatic rings. The van der Waals surface area contributed by atoms with Gasteiger partial charge in [-0.05, 0) is 37.0 Å². The molecule has 3 fully saturated rings. The van der Waals surface area contributed by atoms with Crippen molar-refractivity contribution in [2.24, 2.45) is 17.3 Å². The van der Waals surface area contributed by atoms with Crippen molar-refractivity contribution in [3.63, 3.8) is 0 Å². The molecule has 0 aromatic rings. The number of aliphatic carboxylic acids is 1. The van der Waals surface area contributed by atoms with Gasteiger partial charge in [-0.3, -0.25) is 4.79 Å². The predicted octanol–water partition coefficient (Wildman–Crippen LogP) is 1.93. The number of hydrogen-bond acceptors (Lipinski definition) is 3. The standard InChI is InChI=1S/C16H28N2O4S/c1-13-11-18(12-14(13)15(19)20)23(21,22)17-9-7-16(8-10-17)5-3-2-4-6-16/h13-14H,2-12H2,1H3,(H,19,20)/t13-,14-/m1/s1. The molecule has 0 unspecified atom stereocenters. The minimum atomic E-state index is -3.51. The maximum Gasteiger partial charge on any atom is 0.308 e. The Morgan fingerprint density at radius 1 is 1.00 bits per heavy atom. The SMILES string of the molecule is C[C@@H]1CN(S(=O)(=O)N2CCC3(CCCCC3)CC2)C[C@H]1C(=O)O. The van der Waals surface area contributed by atoms with Gasteiger partial charge in [-0.15, -0.1) is 0 Å². The van der Waals surface area contributed by atoms with Crippen LogP contribution in [0.15, 0.2) is 0 Å². The number of hydrogen-bond donors (Lipinski definition) is 1. The first-order chi connectivity index (χ1) is 10.8. The topological polar surface area (TPSA) is 77.9 Å². The minimum Gasteiger partial charge on any atom is -0.481 e. The number of piperidine rings is 1. The summed E-state index contributed by atoms with van der Waals surface area (Å²) in [6.45, 7) is 3.43. The number of rotatable bonds is 3. The molecule has 3 rings (SSSR count). The highest BCUT2D eigenvalue weighted by atomic mass is 32.2. The van der Waals surface area contributed by atoms with E-state index in [1.165, 1.54) is 36.4 Å². The lowest BCUT2D eigenvalue weighted by Crippen LogP contribution is -2.49. The van der Waals surface area contributed by atoms with Crippen molar-refractivity contribution in [1.29, 1.82) is 0 Å². The van der Waals surface area contributed by atoms with E-state index in [4.69, 9.17) is 0 Å². The molecule has 2 saturated heterocycles. The summed E-state index contributed by atoms with van der Waals surface area (Å²) in [4.78, 5) is 11.2. The van der Waals surface area contributed by atoms with E-state index in [2.05, 4.69) is 0 Å². The van der Waals surface area contributed by atoms with Crippen molar-refractivity contribution in [2.45, 2.75) is 51.9 Å². The summed E-state index contributed by atoms with van der Waals surface area (Å²) < 4.78 is 28.6. The second-order valence-electron chi connectivity index (χ2n) is 7.71. The lowest BCUT2D eigenvalue weighted by molar-refractivity contribution is -0.142. The Morgan fingerprint density at radius 3 is 2.13 bits per heavy atom. The van der Waals surface area contributed by atoms with Gasteiger partial charge in [0.1, 0.15) is 0 Å². The zero-order chi connectivity index (χ0) is 16.7. The van der Waals surface area contributed by atoms with Gasteiger partial charge < -0.3 is 5.11 Å². The minimum absolute atomic E-state index is 0.112. The van der Waals surface area contributed by atoms with Gasteiger partial charge in [0.05, 0.1) is 5.92 Å². The Balaban J connectivity index is 1.64. The summed E-state index contributed by atoms with van der Waals surface area (Å²) in [5.41, 5.74) is 0.367. The monoisotopic (exact) mass is 344 g/mol. The van der Waals surface area contributed by atoms with Crippen LogP contribution in [0.5, 0.6) is 0 Å². The van der Waals surface area contributed by atoms with Crippen LogP contribution in [0.4, 0.5) is 0 Å². The maximum absolute atomic E-state index is 12.8. The Hall–Kier alpha value is -0.660. The Kier molecular flexibility index (Phi) is 4.73. The molecule has 0 radical (unpaired) electrons. The lowest BCUT2D eigenvalue weighted by atomic mass is 9.68. The van der Waals surface area contributed by atoms with Gasteiger partial charge in [0, 0.05) is 26.2 Å². The van der Waals surface area contributed by atoms with E-state index in [0.717, 1.165) is 12.8 Å². The molecule has 2 aliphatic heterocycles. The fourth-order valence-electron chi connectivity index (χ4n) is 4.59. The molecule has 6 nitrogen and oxygen atoms in total. The third-order valence-corrected chi connectivity index (χ3v) is 8.21. The van der Waals surface area contributed by atoms with Crippen LogP contribution in [-0.4, -0.2) is 54.3 Å². The highest BCUT2D eigenvalue weighted by Crippen LogP contribution is 2.45. The average molecular weight is 344 g/mol. The van der Waals surface area contributed by atoms with Crippen LogP contribution in [0, 0.1) is 17.3 Å². The van der Waals surface area contributed by atoms with Gasteiger partial charge >= 0.3 is 5.97 Å². The molecule has 2 heterocycles. The van der Waals surface area contributed by atoms with Crippen LogP contribution in [0.2, 0.25) is 0 Å². The summed E-state index contributed by atoms with van der Waals surface area (Å²) in [6.07, 6.45) is 8.25. The molecule has 1 aliphatic carbocycles. The summed E-state index contributed by atoms with van der Waals surface area (Å²) in [5, 5.41) is 9.21. The first kappa shape index (κ1) is 17.2. The van der Waals surface area contributed by atoms with E-state index in [0.29, 0.717) is 25.0 Å². The van der Waals surface area contributed by atoms with Crippen molar-refractivity contribution in [3.8, 4) is 0 Å². The van der Waals surface area contributed by atoms with Crippen LogP contribution < -0.4 is 0 Å². The van der Waals surface area contributed by atoms with Gasteiger partial charge in [-0.2, -0.15) is 17.0 Å². The molecular weight excluding hydrogens is 316 g/mol. The largest absolute Gasteiger partial charge is 0.481 e. The van der Waals surface area contributed by atoms with Crippen molar-refractivity contribution in [2.75, 3.05) is 26.2 Å². The molecule has 1 spiro atoms. The summed E-state index contributed by atoms with van der Waals surface area (Å²) in [5.74, 6) is -1.61. The molecule has 2 atom stereocenters. The lowest BCUT2D eigenvalue weighted by Gasteiger charge is -2.44. The van der Waals surface area contributed by atoms with Crippen LogP contribution in [0.25, 0.3) is 0 Å². The van der Waals surface area contributed by atoms with Gasteiger partial charge in [0.2, 0.25) is 0 Å². The average Bonchev–Trinajstić information content (AvgIpc) is 2.91. The summed E-state index contributed by atoms with van der Waals surface area (Å²) in [7, 11) is -3.51. The van der Waals surface area contributed by atoms with Gasteiger partial charge in [-0.25, -0.2) is 0 Å². The molecule has 0 bridgehead atoms. The second kappa shape index (κ2) is 6.33. The van der Waals surface area contributed by atoms with Crippen LogP contribution in [0.1, 0.15) is 51.9 Å². The fourth-order valence-corrected chi connectivity index (χ4v) is 6.33. The van der Waals surface area contributed by atoms with Crippen molar-refractivity contribution < 1.29 is 18.3 Å². The number of carbonyl (C=O) groups is 1. The van der Waals surface area contributed by atoms with Crippen LogP contribution in [-0.2, 0) is 15.0 Å². The molecule has 0 aromatic heterocycles. The van der Waals surface area contributed by atoms with E-state index >= 15 is 0 Å². The highest BCUT2D eigenvalue weighted by Gasteiger charge is 2.45. The van der Waals surface area contributed by atoms with Gasteiger partial charge in [0.25, 0.3) is 10.2 Å². The maximum atomic E-state index is 12.8.